The standard InChI is InChI=1S/C22H27ClN4O2/c1-24-22(25-10-2-3-14-4-8-17(23)9-5-14)26-11-12-27-20(28)18-15-6-7-16(13-15)19(18)21(27)29/h4-9,15-16,18-19H,2-3,10-13H2,1H3,(H2,24,25,26). The topological polar surface area (TPSA) is 73.8 Å². The lowest BCUT2D eigenvalue weighted by molar-refractivity contribution is -0.140. The van der Waals surface area contributed by atoms with E-state index in [1.165, 1.54) is 10.5 Å². The van der Waals surface area contributed by atoms with Crippen molar-refractivity contribution in [2.45, 2.75) is 19.3 Å². The predicted molar refractivity (Wildman–Crippen MR) is 114 cm³/mol. The number of hydrogen-bond acceptors (Lipinski definition) is 3. The lowest BCUT2D eigenvalue weighted by atomic mass is 9.85. The van der Waals surface area contributed by atoms with Crippen LogP contribution in [0.25, 0.3) is 0 Å². The normalized spacial score (nSPS) is 27.7. The number of aryl methyl sites for hydroxylation is 1. The summed E-state index contributed by atoms with van der Waals surface area (Å²) in [4.78, 5) is 31.0. The van der Waals surface area contributed by atoms with Gasteiger partial charge in [-0.3, -0.25) is 19.5 Å². The zero-order valence-corrected chi connectivity index (χ0v) is 17.4. The Morgan fingerprint density at radius 3 is 2.31 bits per heavy atom. The second kappa shape index (κ2) is 8.57. The number of guanidine groups is 1. The Morgan fingerprint density at radius 1 is 1.07 bits per heavy atom. The minimum Gasteiger partial charge on any atom is -0.356 e. The summed E-state index contributed by atoms with van der Waals surface area (Å²) in [5.74, 6) is 0.964. The molecule has 7 heteroatoms. The molecule has 2 bridgehead atoms. The average molecular weight is 415 g/mol. The lowest BCUT2D eigenvalue weighted by Gasteiger charge is -2.18. The maximum Gasteiger partial charge on any atom is 0.233 e. The molecule has 0 radical (unpaired) electrons. The molecule has 4 atom stereocenters. The highest BCUT2D eigenvalue weighted by Gasteiger charge is 2.58. The molecule has 154 valence electrons. The molecular weight excluding hydrogens is 388 g/mol. The van der Waals surface area contributed by atoms with Gasteiger partial charge in [0.15, 0.2) is 5.96 Å². The summed E-state index contributed by atoms with van der Waals surface area (Å²) < 4.78 is 0. The lowest BCUT2D eigenvalue weighted by Crippen LogP contribution is -2.44. The molecule has 1 aromatic carbocycles. The third-order valence-electron chi connectivity index (χ3n) is 6.26. The number of hydrogen-bond donors (Lipinski definition) is 2. The number of likely N-dealkylation sites (tertiary alicyclic amines) is 1. The predicted octanol–water partition coefficient (Wildman–Crippen LogP) is 2.24. The molecule has 1 aromatic rings. The van der Waals surface area contributed by atoms with E-state index < -0.39 is 0 Å². The first kappa shape index (κ1) is 20.0. The Bertz CT molecular complexity index is 806. The highest BCUT2D eigenvalue weighted by atomic mass is 35.5. The molecule has 2 amide bonds. The first-order chi connectivity index (χ1) is 14.1. The fourth-order valence-corrected chi connectivity index (χ4v) is 4.97. The summed E-state index contributed by atoms with van der Waals surface area (Å²) in [5.41, 5.74) is 1.25. The molecule has 2 N–H and O–H groups in total. The fourth-order valence-electron chi connectivity index (χ4n) is 4.84. The van der Waals surface area contributed by atoms with Crippen molar-refractivity contribution < 1.29 is 9.59 Å². The van der Waals surface area contributed by atoms with Crippen LogP contribution in [0.5, 0.6) is 0 Å². The van der Waals surface area contributed by atoms with Gasteiger partial charge >= 0.3 is 0 Å². The van der Waals surface area contributed by atoms with Crippen LogP contribution in [0.3, 0.4) is 0 Å². The van der Waals surface area contributed by atoms with E-state index in [0.717, 1.165) is 30.8 Å². The first-order valence-corrected chi connectivity index (χ1v) is 10.7. The largest absolute Gasteiger partial charge is 0.356 e. The van der Waals surface area contributed by atoms with Crippen LogP contribution < -0.4 is 10.6 Å². The van der Waals surface area contributed by atoms with Gasteiger partial charge in [0.05, 0.1) is 11.8 Å². The molecule has 1 heterocycles. The molecule has 1 saturated carbocycles. The molecule has 2 aliphatic carbocycles. The van der Waals surface area contributed by atoms with E-state index in [1.54, 1.807) is 7.05 Å². The highest BCUT2D eigenvalue weighted by Crippen LogP contribution is 2.52. The van der Waals surface area contributed by atoms with Crippen LogP contribution in [-0.2, 0) is 16.0 Å². The number of fused-ring (bicyclic) bond motifs is 5. The summed E-state index contributed by atoms with van der Waals surface area (Å²) in [6.07, 6.45) is 7.12. The average Bonchev–Trinajstić information content (AvgIpc) is 3.40. The van der Waals surface area contributed by atoms with E-state index >= 15 is 0 Å². The van der Waals surface area contributed by atoms with Crippen LogP contribution in [-0.4, -0.2) is 49.4 Å². The van der Waals surface area contributed by atoms with Gasteiger partial charge < -0.3 is 10.6 Å². The molecule has 4 unspecified atom stereocenters. The van der Waals surface area contributed by atoms with Gasteiger partial charge in [-0.25, -0.2) is 0 Å². The number of nitrogens with zero attached hydrogens (tertiary/aromatic N) is 2. The van der Waals surface area contributed by atoms with Crippen molar-refractivity contribution in [1.82, 2.24) is 15.5 Å². The number of carbonyl (C=O) groups excluding carboxylic acids is 2. The Kier molecular flexibility index (Phi) is 5.90. The quantitative estimate of drug-likeness (QED) is 0.236. The Morgan fingerprint density at radius 2 is 1.69 bits per heavy atom. The van der Waals surface area contributed by atoms with E-state index in [4.69, 9.17) is 11.6 Å². The van der Waals surface area contributed by atoms with Gasteiger partial charge in [0.1, 0.15) is 0 Å². The monoisotopic (exact) mass is 414 g/mol. The van der Waals surface area contributed by atoms with Gasteiger partial charge in [-0.2, -0.15) is 0 Å². The third kappa shape index (κ3) is 4.04. The molecule has 6 nitrogen and oxygen atoms in total. The van der Waals surface area contributed by atoms with Gasteiger partial charge in [-0.1, -0.05) is 35.9 Å². The van der Waals surface area contributed by atoms with Gasteiger partial charge in [0, 0.05) is 31.7 Å². The number of aliphatic imine (C=N–C) groups is 1. The Hall–Kier alpha value is -2.34. The van der Waals surface area contributed by atoms with E-state index in [1.807, 2.05) is 24.3 Å². The number of benzene rings is 1. The van der Waals surface area contributed by atoms with Crippen molar-refractivity contribution in [3.05, 3.63) is 47.0 Å². The van der Waals surface area contributed by atoms with Crippen LogP contribution in [0.4, 0.5) is 0 Å². The molecule has 29 heavy (non-hydrogen) atoms. The second-order valence-electron chi connectivity index (χ2n) is 7.98. The number of imide groups is 1. The van der Waals surface area contributed by atoms with Crippen LogP contribution >= 0.6 is 11.6 Å². The molecule has 3 aliphatic rings. The van der Waals surface area contributed by atoms with E-state index in [-0.39, 0.29) is 35.5 Å². The van der Waals surface area contributed by atoms with Crippen molar-refractivity contribution in [1.29, 1.82) is 0 Å². The maximum atomic E-state index is 12.7. The third-order valence-corrected chi connectivity index (χ3v) is 6.51. The maximum absolute atomic E-state index is 12.7. The Balaban J connectivity index is 1.18. The zero-order chi connectivity index (χ0) is 20.4. The minimum atomic E-state index is -0.122. The van der Waals surface area contributed by atoms with Crippen molar-refractivity contribution in [2.75, 3.05) is 26.7 Å². The van der Waals surface area contributed by atoms with Crippen LogP contribution in [0.15, 0.2) is 41.4 Å². The molecule has 1 aliphatic heterocycles. The van der Waals surface area contributed by atoms with Gasteiger partial charge in [0.2, 0.25) is 11.8 Å². The molecule has 0 spiro atoms. The van der Waals surface area contributed by atoms with Crippen molar-refractivity contribution in [2.24, 2.45) is 28.7 Å². The van der Waals surface area contributed by atoms with Crippen molar-refractivity contribution in [3.8, 4) is 0 Å². The smallest absolute Gasteiger partial charge is 0.233 e. The molecule has 2 fully saturated rings. The molecule has 1 saturated heterocycles. The minimum absolute atomic E-state index is 0.00422. The Labute approximate surface area is 176 Å². The number of halogens is 1. The summed E-state index contributed by atoms with van der Waals surface area (Å²) in [5, 5.41) is 7.23. The van der Waals surface area contributed by atoms with Gasteiger partial charge in [-0.15, -0.1) is 0 Å². The summed E-state index contributed by atoms with van der Waals surface area (Å²) >= 11 is 5.91. The number of amides is 2. The molecular formula is C22H27ClN4O2. The summed E-state index contributed by atoms with van der Waals surface area (Å²) in [7, 11) is 1.72. The molecule has 4 rings (SSSR count). The number of carbonyl (C=O) groups is 2. The second-order valence-corrected chi connectivity index (χ2v) is 8.42. The summed E-state index contributed by atoms with van der Waals surface area (Å²) in [6.45, 7) is 1.66. The number of nitrogens with one attached hydrogen (secondary N) is 2. The van der Waals surface area contributed by atoms with Crippen molar-refractivity contribution >= 4 is 29.4 Å². The zero-order valence-electron chi connectivity index (χ0n) is 16.6. The first-order valence-electron chi connectivity index (χ1n) is 10.3. The van der Waals surface area contributed by atoms with Crippen LogP contribution in [0.1, 0.15) is 18.4 Å². The number of rotatable bonds is 7. The SMILES string of the molecule is CN=C(NCCCc1ccc(Cl)cc1)NCCN1C(=O)C2C3C=CC(C3)C2C1=O. The highest BCUT2D eigenvalue weighted by molar-refractivity contribution is 6.30. The van der Waals surface area contributed by atoms with E-state index in [2.05, 4.69) is 27.8 Å². The van der Waals surface area contributed by atoms with E-state index in [9.17, 15) is 9.59 Å². The van der Waals surface area contributed by atoms with Crippen LogP contribution in [0, 0.1) is 23.7 Å². The van der Waals surface area contributed by atoms with Gasteiger partial charge in [-0.05, 0) is 48.8 Å². The summed E-state index contributed by atoms with van der Waals surface area (Å²) in [6, 6.07) is 7.88. The number of allylic oxidation sites excluding steroid dienone is 2. The van der Waals surface area contributed by atoms with E-state index in [0.29, 0.717) is 19.0 Å². The fraction of sp³-hybridized carbons (Fsp3) is 0.500. The van der Waals surface area contributed by atoms with Crippen molar-refractivity contribution in [3.63, 3.8) is 0 Å². The van der Waals surface area contributed by atoms with Crippen LogP contribution in [0.2, 0.25) is 5.02 Å². The molecule has 0 aromatic heterocycles. The van der Waals surface area contributed by atoms with Gasteiger partial charge in [0.25, 0.3) is 0 Å².